The molecule has 5 nitrogen and oxygen atoms in total. The van der Waals surface area contributed by atoms with Crippen molar-refractivity contribution < 1.29 is 17.9 Å². The van der Waals surface area contributed by atoms with E-state index in [4.69, 9.17) is 4.74 Å². The molecule has 0 saturated carbocycles. The van der Waals surface area contributed by atoms with E-state index >= 15 is 0 Å². The molecule has 0 bridgehead atoms. The number of amides is 1. The van der Waals surface area contributed by atoms with Gasteiger partial charge >= 0.3 is 0 Å². The van der Waals surface area contributed by atoms with Gasteiger partial charge in [0.05, 0.1) is 17.8 Å². The lowest BCUT2D eigenvalue weighted by Gasteiger charge is -2.17. The van der Waals surface area contributed by atoms with Crippen LogP contribution in [-0.2, 0) is 14.6 Å². The number of likely N-dealkylation sites (tertiary alicyclic amines) is 1. The van der Waals surface area contributed by atoms with Gasteiger partial charge in [0.2, 0.25) is 5.91 Å². The smallest absolute Gasteiger partial charge is 0.223 e. The quantitative estimate of drug-likeness (QED) is 0.781. The molecule has 0 aliphatic carbocycles. The molecule has 0 unspecified atom stereocenters. The Labute approximate surface area is 154 Å². The van der Waals surface area contributed by atoms with Crippen LogP contribution in [0.15, 0.2) is 59.5 Å². The molecule has 1 atom stereocenters. The number of methoxy groups -OCH3 is 1. The van der Waals surface area contributed by atoms with Gasteiger partial charge in [-0.25, -0.2) is 8.42 Å². The minimum atomic E-state index is -3.42. The van der Waals surface area contributed by atoms with Crippen LogP contribution in [0, 0.1) is 0 Å². The van der Waals surface area contributed by atoms with Gasteiger partial charge in [0.25, 0.3) is 0 Å². The van der Waals surface area contributed by atoms with Crippen LogP contribution >= 0.6 is 0 Å². The molecular formula is C20H23NO4S. The summed E-state index contributed by atoms with van der Waals surface area (Å²) in [4.78, 5) is 14.5. The van der Waals surface area contributed by atoms with Gasteiger partial charge in [0.15, 0.2) is 9.84 Å². The molecule has 26 heavy (non-hydrogen) atoms. The summed E-state index contributed by atoms with van der Waals surface area (Å²) in [5.41, 5.74) is 1.18. The minimum absolute atomic E-state index is 0.0204. The van der Waals surface area contributed by atoms with Crippen LogP contribution in [0.3, 0.4) is 0 Å². The molecule has 0 radical (unpaired) electrons. The number of carbonyl (C=O) groups is 1. The SMILES string of the molecule is COc1ccc([C@H]2CCN(C(=O)CCS(=O)(=O)c3ccccc3)C2)cc1. The second-order valence-corrected chi connectivity index (χ2v) is 8.59. The van der Waals surface area contributed by atoms with Crippen molar-refractivity contribution in [3.8, 4) is 5.75 Å². The Balaban J connectivity index is 1.56. The molecule has 6 heteroatoms. The molecule has 138 valence electrons. The number of sulfone groups is 1. The predicted octanol–water partition coefficient (Wildman–Crippen LogP) is 2.88. The summed E-state index contributed by atoms with van der Waals surface area (Å²) in [6.45, 7) is 1.30. The van der Waals surface area contributed by atoms with Crippen LogP contribution in [0.25, 0.3) is 0 Å². The monoisotopic (exact) mass is 373 g/mol. The third kappa shape index (κ3) is 4.25. The topological polar surface area (TPSA) is 63.7 Å². The first-order valence-corrected chi connectivity index (χ1v) is 10.3. The molecule has 0 aromatic heterocycles. The van der Waals surface area contributed by atoms with Gasteiger partial charge in [-0.1, -0.05) is 30.3 Å². The van der Waals surface area contributed by atoms with Crippen molar-refractivity contribution in [3.63, 3.8) is 0 Å². The van der Waals surface area contributed by atoms with Crippen LogP contribution in [0.4, 0.5) is 0 Å². The number of hydrogen-bond donors (Lipinski definition) is 0. The van der Waals surface area contributed by atoms with Crippen LogP contribution in [0.2, 0.25) is 0 Å². The van der Waals surface area contributed by atoms with E-state index in [1.54, 1.807) is 42.3 Å². The third-order valence-electron chi connectivity index (χ3n) is 4.82. The molecule has 1 aliphatic heterocycles. The highest BCUT2D eigenvalue weighted by molar-refractivity contribution is 7.91. The van der Waals surface area contributed by atoms with Crippen molar-refractivity contribution in [2.75, 3.05) is 26.0 Å². The van der Waals surface area contributed by atoms with E-state index in [1.165, 1.54) is 5.56 Å². The van der Waals surface area contributed by atoms with Gasteiger partial charge in [-0.2, -0.15) is 0 Å². The van der Waals surface area contributed by atoms with E-state index in [9.17, 15) is 13.2 Å². The van der Waals surface area contributed by atoms with Crippen LogP contribution in [0.5, 0.6) is 5.75 Å². The van der Waals surface area contributed by atoms with Crippen molar-refractivity contribution in [1.82, 2.24) is 4.90 Å². The van der Waals surface area contributed by atoms with Crippen molar-refractivity contribution in [2.24, 2.45) is 0 Å². The molecule has 0 N–H and O–H groups in total. The Morgan fingerprint density at radius 3 is 2.46 bits per heavy atom. The van der Waals surface area contributed by atoms with Crippen molar-refractivity contribution >= 4 is 15.7 Å². The van der Waals surface area contributed by atoms with E-state index in [2.05, 4.69) is 0 Å². The predicted molar refractivity (Wildman–Crippen MR) is 100 cm³/mol. The van der Waals surface area contributed by atoms with Gasteiger partial charge in [-0.05, 0) is 36.2 Å². The van der Waals surface area contributed by atoms with Crippen LogP contribution in [-0.4, -0.2) is 45.2 Å². The molecule has 1 amide bonds. The fraction of sp³-hybridized carbons (Fsp3) is 0.350. The highest BCUT2D eigenvalue weighted by Gasteiger charge is 2.28. The maximum absolute atomic E-state index is 12.4. The van der Waals surface area contributed by atoms with Gasteiger partial charge in [-0.3, -0.25) is 4.79 Å². The van der Waals surface area contributed by atoms with Crippen molar-refractivity contribution in [3.05, 3.63) is 60.2 Å². The number of ether oxygens (including phenoxy) is 1. The maximum Gasteiger partial charge on any atom is 0.223 e. The van der Waals surface area contributed by atoms with Gasteiger partial charge in [0.1, 0.15) is 5.75 Å². The highest BCUT2D eigenvalue weighted by atomic mass is 32.2. The van der Waals surface area contributed by atoms with Crippen LogP contribution in [0.1, 0.15) is 24.3 Å². The van der Waals surface area contributed by atoms with E-state index in [1.807, 2.05) is 24.3 Å². The lowest BCUT2D eigenvalue weighted by molar-refractivity contribution is -0.129. The van der Waals surface area contributed by atoms with E-state index in [0.717, 1.165) is 12.2 Å². The largest absolute Gasteiger partial charge is 0.497 e. The Morgan fingerprint density at radius 1 is 1.12 bits per heavy atom. The molecule has 2 aromatic rings. The van der Waals surface area contributed by atoms with Gasteiger partial charge in [0, 0.05) is 25.4 Å². The average molecular weight is 373 g/mol. The highest BCUT2D eigenvalue weighted by Crippen LogP contribution is 2.29. The number of carbonyl (C=O) groups excluding carboxylic acids is 1. The molecule has 1 saturated heterocycles. The van der Waals surface area contributed by atoms with E-state index in [0.29, 0.717) is 13.1 Å². The third-order valence-corrected chi connectivity index (χ3v) is 6.55. The average Bonchev–Trinajstić information content (AvgIpc) is 3.17. The molecule has 0 spiro atoms. The van der Waals surface area contributed by atoms with Gasteiger partial charge < -0.3 is 9.64 Å². The summed E-state index contributed by atoms with van der Waals surface area (Å²) in [6, 6.07) is 16.2. The Hall–Kier alpha value is -2.34. The normalized spacial score (nSPS) is 17.3. The summed E-state index contributed by atoms with van der Waals surface area (Å²) < 4.78 is 29.8. The first kappa shape index (κ1) is 18.5. The zero-order valence-corrected chi connectivity index (χ0v) is 15.6. The maximum atomic E-state index is 12.4. The first-order chi connectivity index (χ1) is 12.5. The number of hydrogen-bond acceptors (Lipinski definition) is 4. The summed E-state index contributed by atoms with van der Waals surface area (Å²) in [5.74, 6) is 0.849. The second-order valence-electron chi connectivity index (χ2n) is 6.48. The second kappa shape index (κ2) is 7.91. The van der Waals surface area contributed by atoms with Crippen LogP contribution < -0.4 is 4.74 Å². The molecular weight excluding hydrogens is 350 g/mol. The Morgan fingerprint density at radius 2 is 1.81 bits per heavy atom. The molecule has 2 aromatic carbocycles. The summed E-state index contributed by atoms with van der Waals surface area (Å²) in [6.07, 6.45) is 0.913. The minimum Gasteiger partial charge on any atom is -0.497 e. The number of benzene rings is 2. The summed E-state index contributed by atoms with van der Waals surface area (Å²) >= 11 is 0. The standard InChI is InChI=1S/C20H23NO4S/c1-25-18-9-7-16(8-10-18)17-11-13-21(15-17)20(22)12-14-26(23,24)19-5-3-2-4-6-19/h2-10,17H,11-15H2,1H3/t17-/m0/s1. The van der Waals surface area contributed by atoms with Gasteiger partial charge in [-0.15, -0.1) is 0 Å². The number of nitrogens with zero attached hydrogens (tertiary/aromatic N) is 1. The molecule has 1 aliphatic rings. The van der Waals surface area contributed by atoms with E-state index < -0.39 is 9.84 Å². The first-order valence-electron chi connectivity index (χ1n) is 8.69. The van der Waals surface area contributed by atoms with Crippen molar-refractivity contribution in [2.45, 2.75) is 23.7 Å². The zero-order chi connectivity index (χ0) is 18.6. The molecule has 3 rings (SSSR count). The fourth-order valence-corrected chi connectivity index (χ4v) is 4.51. The Bertz CT molecular complexity index is 847. The van der Waals surface area contributed by atoms with E-state index in [-0.39, 0.29) is 28.9 Å². The summed E-state index contributed by atoms with van der Waals surface area (Å²) in [7, 11) is -1.79. The lowest BCUT2D eigenvalue weighted by atomic mass is 9.98. The molecule has 1 heterocycles. The molecule has 1 fully saturated rings. The number of rotatable bonds is 6. The fourth-order valence-electron chi connectivity index (χ4n) is 3.26. The zero-order valence-electron chi connectivity index (χ0n) is 14.8. The summed E-state index contributed by atoms with van der Waals surface area (Å²) in [5, 5.41) is 0. The lowest BCUT2D eigenvalue weighted by Crippen LogP contribution is -2.30. The Kier molecular flexibility index (Phi) is 5.61. The van der Waals surface area contributed by atoms with Crippen molar-refractivity contribution in [1.29, 1.82) is 0 Å².